The monoisotopic (exact) mass is 260 g/mol. The zero-order valence-electron chi connectivity index (χ0n) is 10.4. The SMILES string of the molecule is CCC1CCCN(c2sc(C#N)c(N)c2C#N)C1. The second kappa shape index (κ2) is 5.29. The summed E-state index contributed by atoms with van der Waals surface area (Å²) in [5, 5.41) is 19.1. The number of nitrogens with zero attached hydrogens (tertiary/aromatic N) is 3. The highest BCUT2D eigenvalue weighted by atomic mass is 32.1. The van der Waals surface area contributed by atoms with Crippen molar-refractivity contribution in [1.82, 2.24) is 0 Å². The standard InChI is InChI=1S/C13H16N4S/c1-2-9-4-3-5-17(8-9)13-10(6-14)12(16)11(7-15)18-13/h9H,2-5,8,16H2,1H3. The Morgan fingerprint density at radius 2 is 2.22 bits per heavy atom. The Kier molecular flexibility index (Phi) is 3.74. The van der Waals surface area contributed by atoms with Crippen molar-refractivity contribution in [3.8, 4) is 12.1 Å². The third kappa shape index (κ3) is 2.14. The maximum atomic E-state index is 9.20. The first-order chi connectivity index (χ1) is 8.71. The highest BCUT2D eigenvalue weighted by Gasteiger charge is 2.25. The summed E-state index contributed by atoms with van der Waals surface area (Å²) >= 11 is 1.35. The number of hydrogen-bond acceptors (Lipinski definition) is 5. The molecule has 1 aromatic heterocycles. The lowest BCUT2D eigenvalue weighted by Gasteiger charge is -2.33. The van der Waals surface area contributed by atoms with Gasteiger partial charge in [-0.15, -0.1) is 11.3 Å². The molecule has 1 fully saturated rings. The van der Waals surface area contributed by atoms with Crippen LogP contribution in [0.4, 0.5) is 10.7 Å². The van der Waals surface area contributed by atoms with Gasteiger partial charge in [0.25, 0.3) is 0 Å². The maximum Gasteiger partial charge on any atom is 0.131 e. The van der Waals surface area contributed by atoms with Crippen molar-refractivity contribution in [2.24, 2.45) is 5.92 Å². The van der Waals surface area contributed by atoms with E-state index in [0.29, 0.717) is 22.0 Å². The first kappa shape index (κ1) is 12.7. The van der Waals surface area contributed by atoms with Crippen LogP contribution >= 0.6 is 11.3 Å². The van der Waals surface area contributed by atoms with Crippen LogP contribution in [0.2, 0.25) is 0 Å². The summed E-state index contributed by atoms with van der Waals surface area (Å²) in [5.41, 5.74) is 6.66. The van der Waals surface area contributed by atoms with Crippen LogP contribution in [0, 0.1) is 28.6 Å². The maximum absolute atomic E-state index is 9.20. The van der Waals surface area contributed by atoms with E-state index in [1.165, 1.54) is 17.8 Å². The molecule has 0 bridgehead atoms. The van der Waals surface area contributed by atoms with Gasteiger partial charge in [-0.25, -0.2) is 0 Å². The zero-order chi connectivity index (χ0) is 13.1. The summed E-state index contributed by atoms with van der Waals surface area (Å²) in [6.45, 7) is 4.12. The number of nitrogens with two attached hydrogens (primary N) is 1. The molecule has 0 amide bonds. The minimum Gasteiger partial charge on any atom is -0.396 e. The second-order valence-corrected chi connectivity index (χ2v) is 5.61. The van der Waals surface area contributed by atoms with Gasteiger partial charge in [0.2, 0.25) is 0 Å². The van der Waals surface area contributed by atoms with Crippen LogP contribution in [-0.4, -0.2) is 13.1 Å². The number of nitrogen functional groups attached to an aromatic ring is 1. The molecule has 1 unspecified atom stereocenters. The summed E-state index contributed by atoms with van der Waals surface area (Å²) in [6, 6.07) is 4.21. The first-order valence-electron chi connectivity index (χ1n) is 6.18. The Hall–Kier alpha value is -1.72. The van der Waals surface area contributed by atoms with E-state index < -0.39 is 0 Å². The van der Waals surface area contributed by atoms with Crippen molar-refractivity contribution in [2.45, 2.75) is 26.2 Å². The molecule has 2 heterocycles. The Labute approximate surface area is 111 Å². The van der Waals surface area contributed by atoms with E-state index >= 15 is 0 Å². The molecule has 0 spiro atoms. The van der Waals surface area contributed by atoms with Gasteiger partial charge >= 0.3 is 0 Å². The predicted molar refractivity (Wildman–Crippen MR) is 73.4 cm³/mol. The summed E-state index contributed by atoms with van der Waals surface area (Å²) in [5.74, 6) is 0.680. The van der Waals surface area contributed by atoms with Gasteiger partial charge in [-0.2, -0.15) is 10.5 Å². The predicted octanol–water partition coefficient (Wildman–Crippen LogP) is 2.70. The fourth-order valence-corrected chi connectivity index (χ4v) is 3.43. The lowest BCUT2D eigenvalue weighted by molar-refractivity contribution is 0.406. The molecule has 2 N–H and O–H groups in total. The van der Waals surface area contributed by atoms with Gasteiger partial charge < -0.3 is 10.6 Å². The average molecular weight is 260 g/mol. The molecule has 18 heavy (non-hydrogen) atoms. The molecule has 2 rings (SSSR count). The Balaban J connectivity index is 2.34. The van der Waals surface area contributed by atoms with Crippen molar-refractivity contribution in [3.05, 3.63) is 10.4 Å². The fourth-order valence-electron chi connectivity index (χ4n) is 2.43. The van der Waals surface area contributed by atoms with Crippen LogP contribution in [0.25, 0.3) is 0 Å². The normalized spacial score (nSPS) is 19.3. The van der Waals surface area contributed by atoms with Crippen LogP contribution in [-0.2, 0) is 0 Å². The van der Waals surface area contributed by atoms with Crippen molar-refractivity contribution >= 4 is 22.0 Å². The van der Waals surface area contributed by atoms with E-state index in [1.807, 2.05) is 0 Å². The summed E-state index contributed by atoms with van der Waals surface area (Å²) < 4.78 is 0. The molecule has 1 atom stereocenters. The summed E-state index contributed by atoms with van der Waals surface area (Å²) in [4.78, 5) is 2.68. The smallest absolute Gasteiger partial charge is 0.131 e. The minimum absolute atomic E-state index is 0.346. The van der Waals surface area contributed by atoms with Crippen molar-refractivity contribution in [3.63, 3.8) is 0 Å². The van der Waals surface area contributed by atoms with E-state index in [0.717, 1.165) is 30.9 Å². The molecule has 1 aromatic rings. The van der Waals surface area contributed by atoms with Crippen molar-refractivity contribution in [2.75, 3.05) is 23.7 Å². The topological polar surface area (TPSA) is 76.8 Å². The summed E-state index contributed by atoms with van der Waals surface area (Å²) in [7, 11) is 0. The van der Waals surface area contributed by atoms with E-state index in [2.05, 4.69) is 24.0 Å². The lowest BCUT2D eigenvalue weighted by atomic mass is 9.96. The van der Waals surface area contributed by atoms with Crippen molar-refractivity contribution in [1.29, 1.82) is 10.5 Å². The third-order valence-corrected chi connectivity index (χ3v) is 4.69. The molecule has 0 aromatic carbocycles. The highest BCUT2D eigenvalue weighted by molar-refractivity contribution is 7.17. The molecule has 1 saturated heterocycles. The molecule has 94 valence electrons. The molecular formula is C13H16N4S. The largest absolute Gasteiger partial charge is 0.396 e. The van der Waals surface area contributed by atoms with Crippen LogP contribution in [0.5, 0.6) is 0 Å². The highest BCUT2D eigenvalue weighted by Crippen LogP contribution is 2.39. The third-order valence-electron chi connectivity index (χ3n) is 3.52. The molecule has 0 radical (unpaired) electrons. The van der Waals surface area contributed by atoms with Gasteiger partial charge in [-0.3, -0.25) is 0 Å². The average Bonchev–Trinajstić information content (AvgIpc) is 2.75. The number of nitriles is 2. The fraction of sp³-hybridized carbons (Fsp3) is 0.538. The molecule has 0 aliphatic carbocycles. The first-order valence-corrected chi connectivity index (χ1v) is 7.00. The Morgan fingerprint density at radius 3 is 2.83 bits per heavy atom. The minimum atomic E-state index is 0.346. The van der Waals surface area contributed by atoms with E-state index in [9.17, 15) is 5.26 Å². The van der Waals surface area contributed by atoms with Gasteiger partial charge in [0.15, 0.2) is 0 Å². The molecule has 4 nitrogen and oxygen atoms in total. The Morgan fingerprint density at radius 1 is 1.44 bits per heavy atom. The number of thiophene rings is 1. The van der Waals surface area contributed by atoms with Gasteiger partial charge in [-0.05, 0) is 18.8 Å². The zero-order valence-corrected chi connectivity index (χ0v) is 11.3. The number of piperidine rings is 1. The Bertz CT molecular complexity index is 520. The molecule has 5 heteroatoms. The van der Waals surface area contributed by atoms with E-state index in [-0.39, 0.29) is 0 Å². The van der Waals surface area contributed by atoms with Gasteiger partial charge in [-0.1, -0.05) is 13.3 Å². The molecule has 1 aliphatic heterocycles. The quantitative estimate of drug-likeness (QED) is 0.887. The lowest BCUT2D eigenvalue weighted by Crippen LogP contribution is -2.35. The second-order valence-electron chi connectivity index (χ2n) is 4.61. The van der Waals surface area contributed by atoms with Crippen molar-refractivity contribution < 1.29 is 0 Å². The van der Waals surface area contributed by atoms with E-state index in [4.69, 9.17) is 11.0 Å². The van der Waals surface area contributed by atoms with Crippen LogP contribution in [0.15, 0.2) is 0 Å². The van der Waals surface area contributed by atoms with Crippen LogP contribution in [0.3, 0.4) is 0 Å². The number of hydrogen-bond donors (Lipinski definition) is 1. The summed E-state index contributed by atoms with van der Waals surface area (Å²) in [6.07, 6.45) is 3.55. The van der Waals surface area contributed by atoms with Crippen LogP contribution < -0.4 is 10.6 Å². The number of rotatable bonds is 2. The molecule has 0 saturated carbocycles. The van der Waals surface area contributed by atoms with Gasteiger partial charge in [0, 0.05) is 13.1 Å². The van der Waals surface area contributed by atoms with Gasteiger partial charge in [0.1, 0.15) is 27.6 Å². The van der Waals surface area contributed by atoms with Gasteiger partial charge in [0.05, 0.1) is 5.69 Å². The van der Waals surface area contributed by atoms with Crippen LogP contribution in [0.1, 0.15) is 36.6 Å². The number of anilines is 2. The molecule has 1 aliphatic rings. The van der Waals surface area contributed by atoms with E-state index in [1.54, 1.807) is 0 Å². The molecular weight excluding hydrogens is 244 g/mol.